The van der Waals surface area contributed by atoms with Crippen LogP contribution < -0.4 is 46.2 Å². The van der Waals surface area contributed by atoms with Crippen molar-refractivity contribution in [3.05, 3.63) is 288 Å². The van der Waals surface area contributed by atoms with Crippen molar-refractivity contribution in [2.24, 2.45) is 16.2 Å². The number of rotatable bonds is 22. The van der Waals surface area contributed by atoms with E-state index in [9.17, 15) is 10.2 Å². The number of aromatic nitrogens is 2. The largest absolute Gasteiger partial charge is 0.505 e. The van der Waals surface area contributed by atoms with E-state index in [4.69, 9.17) is 9.47 Å². The quantitative estimate of drug-likeness (QED) is 0.0403. The predicted molar refractivity (Wildman–Crippen MR) is 487 cm³/mol. The van der Waals surface area contributed by atoms with Gasteiger partial charge >= 0.3 is 0 Å². The molecular formula is C101H114F2N2O4Si4. The van der Waals surface area contributed by atoms with Crippen molar-refractivity contribution in [2.45, 2.75) is 172 Å². The zero-order valence-corrected chi connectivity index (χ0v) is 74.1. The number of phenolic OH excluding ortho intramolecular Hbond substituents is 1. The van der Waals surface area contributed by atoms with Crippen LogP contribution in [0.2, 0.25) is 52.4 Å². The molecule has 2 heterocycles. The van der Waals surface area contributed by atoms with Gasteiger partial charge in [0.1, 0.15) is 61.5 Å². The Bertz CT molecular complexity index is 5600. The fourth-order valence-corrected chi connectivity index (χ4v) is 28.3. The molecule has 6 nitrogen and oxygen atoms in total. The highest BCUT2D eigenvalue weighted by Gasteiger charge is 2.49. The number of nitrogens with zero attached hydrogens (tertiary/aromatic N) is 2. The molecule has 2 N–H and O–H groups in total. The summed E-state index contributed by atoms with van der Waals surface area (Å²) in [7, 11) is -9.35. The zero-order chi connectivity index (χ0) is 80.9. The number of aryl methyl sites for hydroxylation is 2. The van der Waals surface area contributed by atoms with E-state index in [1.54, 1.807) is 0 Å². The molecule has 0 bridgehead atoms. The summed E-state index contributed by atoms with van der Waals surface area (Å²) >= 11 is 0. The molecule has 1 aliphatic rings. The topological polar surface area (TPSA) is 68.8 Å². The Morgan fingerprint density at radius 3 is 1.27 bits per heavy atom. The van der Waals surface area contributed by atoms with Crippen molar-refractivity contribution in [1.82, 2.24) is 9.13 Å². The van der Waals surface area contributed by atoms with E-state index in [0.29, 0.717) is 44.8 Å². The second kappa shape index (κ2) is 29.9. The van der Waals surface area contributed by atoms with Crippen molar-refractivity contribution < 1.29 is 28.5 Å². The molecule has 0 fully saturated rings. The number of benzene rings is 11. The molecule has 582 valence electrons. The van der Waals surface area contributed by atoms with Gasteiger partial charge in [-0.25, -0.2) is 8.78 Å². The van der Waals surface area contributed by atoms with Gasteiger partial charge < -0.3 is 28.8 Å². The fourth-order valence-electron chi connectivity index (χ4n) is 18.9. The van der Waals surface area contributed by atoms with E-state index >= 15 is 8.78 Å². The SMILES string of the molecule is Cc1cc(F)cc(C2=CC(C(C)(C)CC(C)(C)C)=CC(n3c4cc([Si](C)(C)c5ccccc5)ccc4c4ccc([Si](C)(C)c5ccccc5)cc43)C2(O)OCCCOc2c(C)cc(F)cc2-c2cc(C(C)(C)CC(C)(C)C)cc(-n3c4cc([Si](C)(C)c5ccccc5)ccc4c4ccc([Si](C)(C)c5ccccc5)cc43)c2O)c1. The van der Waals surface area contributed by atoms with Gasteiger partial charge in [0.2, 0.25) is 5.79 Å². The maximum absolute atomic E-state index is 16.9. The summed E-state index contributed by atoms with van der Waals surface area (Å²) in [6, 6.07) is 82.7. The van der Waals surface area contributed by atoms with Gasteiger partial charge in [-0.15, -0.1) is 0 Å². The molecule has 113 heavy (non-hydrogen) atoms. The highest BCUT2D eigenvalue weighted by Crippen LogP contribution is 2.53. The van der Waals surface area contributed by atoms with E-state index in [0.717, 1.165) is 67.6 Å². The molecule has 0 saturated heterocycles. The van der Waals surface area contributed by atoms with Gasteiger partial charge in [-0.2, -0.15) is 0 Å². The lowest BCUT2D eigenvalue weighted by Gasteiger charge is -2.44. The number of fused-ring (bicyclic) bond motifs is 6. The minimum absolute atomic E-state index is 0.00374. The molecule has 0 amide bonds. The second-order valence-electron chi connectivity index (χ2n) is 38.2. The van der Waals surface area contributed by atoms with E-state index in [-0.39, 0.29) is 36.2 Å². The molecule has 0 spiro atoms. The Balaban J connectivity index is 0.921. The maximum atomic E-state index is 16.9. The van der Waals surface area contributed by atoms with Crippen LogP contribution in [0.1, 0.15) is 117 Å². The Morgan fingerprint density at radius 2 is 0.841 bits per heavy atom. The van der Waals surface area contributed by atoms with Gasteiger partial charge in [-0.3, -0.25) is 0 Å². The molecule has 12 heteroatoms. The first-order valence-corrected chi connectivity index (χ1v) is 52.5. The van der Waals surface area contributed by atoms with Crippen molar-refractivity contribution in [1.29, 1.82) is 0 Å². The average molecular weight is 1570 g/mol. The van der Waals surface area contributed by atoms with E-state index in [1.807, 2.05) is 19.9 Å². The molecule has 1 aliphatic carbocycles. The highest BCUT2D eigenvalue weighted by atomic mass is 28.3. The number of ether oxygens (including phenoxy) is 2. The second-order valence-corrected chi connectivity index (χ2v) is 55.8. The van der Waals surface area contributed by atoms with Gasteiger partial charge in [0.05, 0.1) is 29.9 Å². The van der Waals surface area contributed by atoms with Crippen molar-refractivity contribution >= 4 is 123 Å². The summed E-state index contributed by atoms with van der Waals surface area (Å²) in [5.41, 5.74) is 8.53. The summed E-state index contributed by atoms with van der Waals surface area (Å²) in [5, 5.41) is 43.2. The Morgan fingerprint density at radius 1 is 0.434 bits per heavy atom. The average Bonchev–Trinajstić information content (AvgIpc) is 1.59. The Labute approximate surface area is 674 Å². The van der Waals surface area contributed by atoms with Crippen LogP contribution in [0.3, 0.4) is 0 Å². The van der Waals surface area contributed by atoms with E-state index in [1.165, 1.54) is 65.8 Å². The van der Waals surface area contributed by atoms with Crippen LogP contribution in [0.4, 0.5) is 8.78 Å². The van der Waals surface area contributed by atoms with Gasteiger partial charge in [0.15, 0.2) is 0 Å². The third kappa shape index (κ3) is 15.5. The summed E-state index contributed by atoms with van der Waals surface area (Å²) in [4.78, 5) is 0. The molecule has 2 unspecified atom stereocenters. The minimum atomic E-state index is -2.37. The summed E-state index contributed by atoms with van der Waals surface area (Å²) in [5.74, 6) is -2.57. The smallest absolute Gasteiger partial charge is 0.218 e. The first-order chi connectivity index (χ1) is 53.2. The molecule has 0 aliphatic heterocycles. The summed E-state index contributed by atoms with van der Waals surface area (Å²) in [6.07, 6.45) is 6.22. The predicted octanol–water partition coefficient (Wildman–Crippen LogP) is 21.4. The summed E-state index contributed by atoms with van der Waals surface area (Å²) in [6.45, 7) is 45.9. The van der Waals surface area contributed by atoms with Crippen molar-refractivity contribution in [3.63, 3.8) is 0 Å². The van der Waals surface area contributed by atoms with Crippen molar-refractivity contribution in [3.8, 4) is 28.3 Å². The minimum Gasteiger partial charge on any atom is -0.505 e. The Kier molecular flexibility index (Phi) is 21.2. The number of halogens is 2. The van der Waals surface area contributed by atoms with E-state index in [2.05, 4.69) is 349 Å². The normalized spacial score (nSPS) is 15.7. The van der Waals surface area contributed by atoms with Crippen LogP contribution >= 0.6 is 0 Å². The molecule has 13 aromatic rings. The number of phenols is 1. The molecule has 11 aromatic carbocycles. The third-order valence-electron chi connectivity index (χ3n) is 24.7. The molecule has 2 atom stereocenters. The maximum Gasteiger partial charge on any atom is 0.218 e. The van der Waals surface area contributed by atoms with Crippen LogP contribution in [-0.4, -0.2) is 70.6 Å². The summed E-state index contributed by atoms with van der Waals surface area (Å²) < 4.78 is 52.6. The number of aliphatic hydroxyl groups is 1. The van der Waals surface area contributed by atoms with Crippen molar-refractivity contribution in [2.75, 3.05) is 13.2 Å². The van der Waals surface area contributed by atoms with Crippen LogP contribution in [0.25, 0.3) is 66.0 Å². The molecule has 0 saturated carbocycles. The van der Waals surface area contributed by atoms with E-state index < -0.39 is 66.6 Å². The zero-order valence-electron chi connectivity index (χ0n) is 70.1. The van der Waals surface area contributed by atoms with Gasteiger partial charge in [0.25, 0.3) is 0 Å². The molecular weight excluding hydrogens is 1460 g/mol. The first-order valence-electron chi connectivity index (χ1n) is 40.5. The molecule has 14 rings (SSSR count). The number of aromatic hydroxyl groups is 1. The standard InChI is InChI=1S/C101H114F2N2O4Si4/c1-67-52-69(55-72(102)53-67)88-57-71(100(11,12)66-98(6,7)8)59-94(105-91-63-80(112(17,18)76-38-29-23-30-39-76)44-48-84(91)85-49-45-81(64-92(85)105)113(19,20)77-40-31-24-32-41-77)101(88,107)109-51-33-50-108-96-68(2)54-73(103)60-87(96)86-56-70(99(9,10)65-97(3,4)5)58-93(95(86)106)104-89-61-78(110(13,14)74-34-25-21-26-35-74)42-46-82(89)83-47-43-79(62-90(83)104)111(15,16)75-36-27-22-28-37-75/h21-32,34-49,52-64,94,106-107H,33,50-51,65-66H2,1-20H3. The van der Waals surface area contributed by atoms with Crippen LogP contribution in [0, 0.1) is 41.7 Å². The molecule has 2 aromatic heterocycles. The molecule has 0 radical (unpaired) electrons. The van der Waals surface area contributed by atoms with Crippen LogP contribution in [-0.2, 0) is 10.2 Å². The third-order valence-corrected chi connectivity index (χ3v) is 38.8. The lowest BCUT2D eigenvalue weighted by atomic mass is 9.68. The Hall–Kier alpha value is -9.25. The van der Waals surface area contributed by atoms with Gasteiger partial charge in [-0.1, -0.05) is 345 Å². The highest BCUT2D eigenvalue weighted by molar-refractivity contribution is 7.02. The lowest BCUT2D eigenvalue weighted by Crippen LogP contribution is -2.53. The van der Waals surface area contributed by atoms with Gasteiger partial charge in [-0.05, 0) is 143 Å². The number of allylic oxidation sites excluding steroid dienone is 2. The van der Waals surface area contributed by atoms with Crippen LogP contribution in [0.15, 0.2) is 254 Å². The number of hydrogen-bond acceptors (Lipinski definition) is 4. The fraction of sp³-hybridized carbons (Fsp3) is 0.307. The lowest BCUT2D eigenvalue weighted by molar-refractivity contribution is -0.179. The monoisotopic (exact) mass is 1570 g/mol. The first kappa shape index (κ1) is 80.4. The van der Waals surface area contributed by atoms with Gasteiger partial charge in [0, 0.05) is 55.7 Å². The van der Waals surface area contributed by atoms with Crippen LogP contribution in [0.5, 0.6) is 11.5 Å². The number of hydrogen-bond donors (Lipinski definition) is 2.